The third kappa shape index (κ3) is 5.26. The fraction of sp³-hybridized carbons (Fsp3) is 0.222. The zero-order valence-electron chi connectivity index (χ0n) is 19.7. The number of carbonyl (C=O) groups is 1. The van der Waals surface area contributed by atoms with Gasteiger partial charge in [0.1, 0.15) is 11.3 Å². The topological polar surface area (TPSA) is 76.4 Å². The van der Waals surface area contributed by atoms with Crippen LogP contribution in [0.5, 0.6) is 5.75 Å². The third-order valence-electron chi connectivity index (χ3n) is 5.37. The Morgan fingerprint density at radius 2 is 1.79 bits per heavy atom. The Morgan fingerprint density at radius 1 is 1.03 bits per heavy atom. The summed E-state index contributed by atoms with van der Waals surface area (Å²) in [6, 6.07) is 16.9. The molecule has 2 N–H and O–H groups in total. The zero-order valence-corrected chi connectivity index (χ0v) is 20.5. The molecule has 0 saturated heterocycles. The standard InChI is InChI=1S/C27H27N3O3S/c1-5-12-32-21-10-8-19(9-11-21)25(31)30-27(34)29-22-15-20(7-6-17(22)3)26-28-23-14-16(2)13-18(4)24(23)33-26/h6-11,13-15H,5,12H2,1-4H3,(H2,29,30,31,34). The summed E-state index contributed by atoms with van der Waals surface area (Å²) in [5, 5.41) is 6.06. The van der Waals surface area contributed by atoms with Gasteiger partial charge < -0.3 is 14.5 Å². The van der Waals surface area contributed by atoms with Gasteiger partial charge in [-0.05, 0) is 98.6 Å². The number of nitrogens with zero attached hydrogens (tertiary/aromatic N) is 1. The lowest BCUT2D eigenvalue weighted by atomic mass is 10.1. The first-order valence-electron chi connectivity index (χ1n) is 11.2. The highest BCUT2D eigenvalue weighted by atomic mass is 32.1. The summed E-state index contributed by atoms with van der Waals surface area (Å²) >= 11 is 5.39. The van der Waals surface area contributed by atoms with Crippen LogP contribution in [-0.2, 0) is 0 Å². The maximum Gasteiger partial charge on any atom is 0.257 e. The van der Waals surface area contributed by atoms with Crippen LogP contribution >= 0.6 is 12.2 Å². The van der Waals surface area contributed by atoms with Gasteiger partial charge in [-0.25, -0.2) is 4.98 Å². The number of ether oxygens (including phenoxy) is 1. The van der Waals surface area contributed by atoms with E-state index in [1.807, 2.05) is 52.0 Å². The fourth-order valence-corrected chi connectivity index (χ4v) is 3.84. The van der Waals surface area contributed by atoms with Crippen LogP contribution in [0.25, 0.3) is 22.6 Å². The normalized spacial score (nSPS) is 10.8. The molecule has 0 fully saturated rings. The lowest BCUT2D eigenvalue weighted by molar-refractivity contribution is 0.0977. The van der Waals surface area contributed by atoms with E-state index in [9.17, 15) is 4.79 Å². The average molecular weight is 474 g/mol. The van der Waals surface area contributed by atoms with Crippen molar-refractivity contribution < 1.29 is 13.9 Å². The van der Waals surface area contributed by atoms with Crippen molar-refractivity contribution in [3.63, 3.8) is 0 Å². The van der Waals surface area contributed by atoms with E-state index in [4.69, 9.17) is 21.4 Å². The van der Waals surface area contributed by atoms with Gasteiger partial charge in [-0.1, -0.05) is 19.1 Å². The predicted octanol–water partition coefficient (Wildman–Crippen LogP) is 6.34. The highest BCUT2D eigenvalue weighted by Gasteiger charge is 2.14. The molecule has 6 nitrogen and oxygen atoms in total. The van der Waals surface area contributed by atoms with Crippen LogP contribution in [0.4, 0.5) is 5.69 Å². The summed E-state index contributed by atoms with van der Waals surface area (Å²) in [4.78, 5) is 17.3. The first kappa shape index (κ1) is 23.4. The zero-order chi connectivity index (χ0) is 24.2. The first-order valence-corrected chi connectivity index (χ1v) is 11.6. The Balaban J connectivity index is 1.47. The van der Waals surface area contributed by atoms with E-state index in [1.54, 1.807) is 24.3 Å². The molecule has 174 valence electrons. The van der Waals surface area contributed by atoms with Crippen molar-refractivity contribution in [3.8, 4) is 17.2 Å². The van der Waals surface area contributed by atoms with Crippen LogP contribution in [0.15, 0.2) is 59.0 Å². The minimum atomic E-state index is -0.293. The molecule has 1 aromatic heterocycles. The maximum atomic E-state index is 12.6. The number of carbonyl (C=O) groups excluding carboxylic acids is 1. The second-order valence-electron chi connectivity index (χ2n) is 8.26. The molecule has 0 radical (unpaired) electrons. The van der Waals surface area contributed by atoms with E-state index in [1.165, 1.54) is 0 Å². The molecule has 0 aliphatic heterocycles. The number of benzene rings is 3. The lowest BCUT2D eigenvalue weighted by Gasteiger charge is -2.13. The van der Waals surface area contributed by atoms with Gasteiger partial charge in [-0.2, -0.15) is 0 Å². The van der Waals surface area contributed by atoms with Crippen molar-refractivity contribution in [2.24, 2.45) is 0 Å². The van der Waals surface area contributed by atoms with Gasteiger partial charge in [0.25, 0.3) is 5.91 Å². The van der Waals surface area contributed by atoms with Crippen molar-refractivity contribution in [1.82, 2.24) is 10.3 Å². The van der Waals surface area contributed by atoms with Crippen LogP contribution in [-0.4, -0.2) is 22.6 Å². The van der Waals surface area contributed by atoms with Gasteiger partial charge >= 0.3 is 0 Å². The summed E-state index contributed by atoms with van der Waals surface area (Å²) < 4.78 is 11.6. The number of fused-ring (bicyclic) bond motifs is 1. The molecule has 7 heteroatoms. The molecule has 0 aliphatic carbocycles. The van der Waals surface area contributed by atoms with Crippen molar-refractivity contribution >= 4 is 40.0 Å². The van der Waals surface area contributed by atoms with Gasteiger partial charge in [0.15, 0.2) is 10.7 Å². The summed E-state index contributed by atoms with van der Waals surface area (Å²) in [7, 11) is 0. The number of rotatable bonds is 6. The predicted molar refractivity (Wildman–Crippen MR) is 140 cm³/mol. The quantitative estimate of drug-likeness (QED) is 0.319. The molecule has 0 spiro atoms. The molecule has 4 rings (SSSR count). The van der Waals surface area contributed by atoms with E-state index >= 15 is 0 Å². The van der Waals surface area contributed by atoms with Crippen LogP contribution in [0, 0.1) is 20.8 Å². The monoisotopic (exact) mass is 473 g/mol. The van der Waals surface area contributed by atoms with E-state index in [2.05, 4.69) is 21.7 Å². The van der Waals surface area contributed by atoms with Crippen molar-refractivity contribution in [3.05, 3.63) is 76.9 Å². The molecule has 0 aliphatic rings. The SMILES string of the molecule is CCCOc1ccc(C(=O)NC(=S)Nc2cc(-c3nc4cc(C)cc(C)c4o3)ccc2C)cc1. The highest BCUT2D eigenvalue weighted by molar-refractivity contribution is 7.80. The van der Waals surface area contributed by atoms with Gasteiger partial charge in [-0.15, -0.1) is 0 Å². The Labute approximate surface area is 204 Å². The van der Waals surface area contributed by atoms with Crippen molar-refractivity contribution in [1.29, 1.82) is 0 Å². The number of aryl methyl sites for hydroxylation is 3. The summed E-state index contributed by atoms with van der Waals surface area (Å²) in [5.41, 5.74) is 6.85. The van der Waals surface area contributed by atoms with Gasteiger partial charge in [0.05, 0.1) is 6.61 Å². The van der Waals surface area contributed by atoms with Gasteiger partial charge in [-0.3, -0.25) is 10.1 Å². The Morgan fingerprint density at radius 3 is 2.53 bits per heavy atom. The minimum Gasteiger partial charge on any atom is -0.494 e. The van der Waals surface area contributed by atoms with E-state index < -0.39 is 0 Å². The number of oxazole rings is 1. The molecule has 0 bridgehead atoms. The van der Waals surface area contributed by atoms with Crippen molar-refractivity contribution in [2.75, 3.05) is 11.9 Å². The molecule has 34 heavy (non-hydrogen) atoms. The smallest absolute Gasteiger partial charge is 0.257 e. The molecule has 0 saturated carbocycles. The van der Waals surface area contributed by atoms with E-state index in [0.29, 0.717) is 18.1 Å². The largest absolute Gasteiger partial charge is 0.494 e. The van der Waals surface area contributed by atoms with Gasteiger partial charge in [0.2, 0.25) is 5.89 Å². The molecule has 0 unspecified atom stereocenters. The lowest BCUT2D eigenvalue weighted by Crippen LogP contribution is -2.34. The van der Waals surface area contributed by atoms with Crippen LogP contribution in [0.2, 0.25) is 0 Å². The van der Waals surface area contributed by atoms with Crippen LogP contribution in [0.3, 0.4) is 0 Å². The molecule has 1 heterocycles. The summed E-state index contributed by atoms with van der Waals surface area (Å²) in [6.07, 6.45) is 0.925. The number of hydrogen-bond donors (Lipinski definition) is 2. The van der Waals surface area contributed by atoms with Crippen LogP contribution in [0.1, 0.15) is 40.4 Å². The maximum absolute atomic E-state index is 12.6. The number of aromatic nitrogens is 1. The molecule has 0 atom stereocenters. The summed E-state index contributed by atoms with van der Waals surface area (Å²) in [5.74, 6) is 0.973. The Kier molecular flexibility index (Phi) is 6.93. The second kappa shape index (κ2) is 10.1. The Hall–Kier alpha value is -3.71. The average Bonchev–Trinajstić information content (AvgIpc) is 3.24. The number of hydrogen-bond acceptors (Lipinski definition) is 5. The first-order chi connectivity index (χ1) is 16.3. The fourth-order valence-electron chi connectivity index (χ4n) is 3.64. The minimum absolute atomic E-state index is 0.209. The van der Waals surface area contributed by atoms with E-state index in [0.717, 1.165) is 51.2 Å². The molecule has 3 aromatic carbocycles. The number of nitrogens with one attached hydrogen (secondary N) is 2. The van der Waals surface area contributed by atoms with E-state index in [-0.39, 0.29) is 11.0 Å². The second-order valence-corrected chi connectivity index (χ2v) is 8.67. The molecular formula is C27H27N3O3S. The van der Waals surface area contributed by atoms with Crippen LogP contribution < -0.4 is 15.4 Å². The van der Waals surface area contributed by atoms with Crippen molar-refractivity contribution in [2.45, 2.75) is 34.1 Å². The number of thiocarbonyl (C=S) groups is 1. The summed E-state index contributed by atoms with van der Waals surface area (Å²) in [6.45, 7) is 8.70. The molecule has 4 aromatic rings. The molecular weight excluding hydrogens is 446 g/mol. The molecule has 1 amide bonds. The Bertz CT molecular complexity index is 1360. The highest BCUT2D eigenvalue weighted by Crippen LogP contribution is 2.30. The number of anilines is 1. The van der Waals surface area contributed by atoms with Gasteiger partial charge in [0, 0.05) is 16.8 Å². The third-order valence-corrected chi connectivity index (χ3v) is 5.57. The number of amides is 1.